The van der Waals surface area contributed by atoms with Crippen molar-refractivity contribution in [3.05, 3.63) is 33.8 Å². The summed E-state index contributed by atoms with van der Waals surface area (Å²) in [5.74, 6) is 0.798. The number of nitrogens with one attached hydrogen (secondary N) is 1. The van der Waals surface area contributed by atoms with Crippen LogP contribution in [0.3, 0.4) is 0 Å². The minimum absolute atomic E-state index is 0.0439. The van der Waals surface area contributed by atoms with Crippen molar-refractivity contribution < 1.29 is 4.79 Å². The van der Waals surface area contributed by atoms with E-state index in [4.69, 9.17) is 23.2 Å². The maximum atomic E-state index is 12.3. The van der Waals surface area contributed by atoms with Gasteiger partial charge in [-0.05, 0) is 49.3 Å². The largest absolute Gasteiger partial charge is 0.350 e. The second-order valence-corrected chi connectivity index (χ2v) is 7.45. The predicted molar refractivity (Wildman–Crippen MR) is 92.5 cm³/mol. The molecule has 0 saturated heterocycles. The topological polar surface area (TPSA) is 29.1 Å². The predicted octanol–water partition coefficient (Wildman–Crippen LogP) is 5.00. The number of carbonyl (C=O) groups excluding carboxylic acids is 1. The summed E-state index contributed by atoms with van der Waals surface area (Å²) in [5.41, 5.74) is 0.788. The summed E-state index contributed by atoms with van der Waals surface area (Å²) in [6.45, 7) is 2.27. The molecule has 1 saturated carbocycles. The van der Waals surface area contributed by atoms with Crippen molar-refractivity contribution in [3.8, 4) is 0 Å². The zero-order chi connectivity index (χ0) is 15.5. The Morgan fingerprint density at radius 2 is 2.00 bits per heavy atom. The maximum absolute atomic E-state index is 12.3. The van der Waals surface area contributed by atoms with Gasteiger partial charge in [-0.25, -0.2) is 0 Å². The van der Waals surface area contributed by atoms with Crippen LogP contribution in [0.2, 0.25) is 10.0 Å². The van der Waals surface area contributed by atoms with Crippen molar-refractivity contribution in [1.29, 1.82) is 0 Å². The van der Waals surface area contributed by atoms with Gasteiger partial charge in [0.2, 0.25) is 5.91 Å². The molecule has 1 amide bonds. The fourth-order valence-corrected chi connectivity index (χ4v) is 3.80. The van der Waals surface area contributed by atoms with Crippen LogP contribution in [-0.2, 0) is 11.2 Å². The van der Waals surface area contributed by atoms with Gasteiger partial charge in [-0.15, -0.1) is 0 Å². The summed E-state index contributed by atoms with van der Waals surface area (Å²) < 4.78 is 0. The van der Waals surface area contributed by atoms with E-state index in [2.05, 4.69) is 28.2 Å². The fourth-order valence-electron chi connectivity index (χ4n) is 2.78. The van der Waals surface area contributed by atoms with Crippen molar-refractivity contribution >= 4 is 45.0 Å². The molecule has 2 rings (SSSR count). The van der Waals surface area contributed by atoms with Gasteiger partial charge in [-0.3, -0.25) is 4.79 Å². The summed E-state index contributed by atoms with van der Waals surface area (Å²) >= 11 is 15.5. The quantitative estimate of drug-likeness (QED) is 0.718. The number of alkyl halides is 1. The van der Waals surface area contributed by atoms with Gasteiger partial charge in [-0.2, -0.15) is 0 Å². The Morgan fingerprint density at radius 1 is 1.33 bits per heavy atom. The monoisotopic (exact) mass is 391 g/mol. The Hall–Kier alpha value is -0.250. The Bertz CT molecular complexity index is 513. The highest BCUT2D eigenvalue weighted by molar-refractivity contribution is 9.09. The number of halogens is 3. The first-order valence-electron chi connectivity index (χ1n) is 7.25. The minimum atomic E-state index is -0.0974. The third-order valence-corrected chi connectivity index (χ3v) is 6.05. The average molecular weight is 393 g/mol. The van der Waals surface area contributed by atoms with Gasteiger partial charge in [0.25, 0.3) is 0 Å². The van der Waals surface area contributed by atoms with E-state index in [1.807, 2.05) is 6.07 Å². The van der Waals surface area contributed by atoms with E-state index in [-0.39, 0.29) is 11.4 Å². The van der Waals surface area contributed by atoms with Gasteiger partial charge >= 0.3 is 0 Å². The summed E-state index contributed by atoms with van der Waals surface area (Å²) in [6, 6.07) is 5.33. The van der Waals surface area contributed by atoms with Crippen LogP contribution in [0.1, 0.15) is 38.2 Å². The van der Waals surface area contributed by atoms with Crippen LogP contribution in [0.25, 0.3) is 0 Å². The summed E-state index contributed by atoms with van der Waals surface area (Å²) in [7, 11) is 0. The molecule has 1 aliphatic rings. The fraction of sp³-hybridized carbons (Fsp3) is 0.562. The third kappa shape index (κ3) is 4.61. The SMILES string of the molecule is CC1CCC(CBr)(NC(=O)Cc2ccc(Cl)c(Cl)c2)CC1. The second-order valence-electron chi connectivity index (χ2n) is 6.07. The molecule has 21 heavy (non-hydrogen) atoms. The van der Waals surface area contributed by atoms with E-state index < -0.39 is 0 Å². The number of carbonyl (C=O) groups is 1. The zero-order valence-electron chi connectivity index (χ0n) is 12.1. The third-order valence-electron chi connectivity index (χ3n) is 4.24. The minimum Gasteiger partial charge on any atom is -0.350 e. The molecule has 1 aromatic carbocycles. The Morgan fingerprint density at radius 3 is 2.57 bits per heavy atom. The van der Waals surface area contributed by atoms with E-state index in [0.717, 1.165) is 29.7 Å². The van der Waals surface area contributed by atoms with Gasteiger partial charge in [0.1, 0.15) is 0 Å². The van der Waals surface area contributed by atoms with Gasteiger partial charge in [-0.1, -0.05) is 52.1 Å². The molecule has 1 aliphatic carbocycles. The second kappa shape index (κ2) is 7.34. The first kappa shape index (κ1) is 17.1. The lowest BCUT2D eigenvalue weighted by molar-refractivity contribution is -0.122. The number of benzene rings is 1. The first-order chi connectivity index (χ1) is 9.94. The molecule has 0 aliphatic heterocycles. The van der Waals surface area contributed by atoms with Gasteiger partial charge in [0.15, 0.2) is 0 Å². The van der Waals surface area contributed by atoms with Crippen LogP contribution < -0.4 is 5.32 Å². The number of hydrogen-bond donors (Lipinski definition) is 1. The molecule has 1 N–H and O–H groups in total. The molecule has 5 heteroatoms. The first-order valence-corrected chi connectivity index (χ1v) is 9.13. The van der Waals surface area contributed by atoms with E-state index in [0.29, 0.717) is 16.5 Å². The van der Waals surface area contributed by atoms with E-state index >= 15 is 0 Å². The molecule has 0 atom stereocenters. The van der Waals surface area contributed by atoms with Crippen molar-refractivity contribution in [1.82, 2.24) is 5.32 Å². The van der Waals surface area contributed by atoms with Crippen molar-refractivity contribution in [2.24, 2.45) is 5.92 Å². The lowest BCUT2D eigenvalue weighted by Gasteiger charge is -2.39. The summed E-state index contributed by atoms with van der Waals surface area (Å²) in [4.78, 5) is 12.3. The molecule has 0 aromatic heterocycles. The number of hydrogen-bond acceptors (Lipinski definition) is 1. The lowest BCUT2D eigenvalue weighted by Crippen LogP contribution is -2.52. The van der Waals surface area contributed by atoms with E-state index in [1.165, 1.54) is 12.8 Å². The molecule has 2 nitrogen and oxygen atoms in total. The average Bonchev–Trinajstić information content (AvgIpc) is 2.46. The van der Waals surface area contributed by atoms with Gasteiger partial charge in [0.05, 0.1) is 16.5 Å². The normalized spacial score (nSPS) is 25.6. The Kier molecular flexibility index (Phi) is 5.98. The smallest absolute Gasteiger partial charge is 0.224 e. The molecule has 0 heterocycles. The lowest BCUT2D eigenvalue weighted by atomic mass is 9.78. The van der Waals surface area contributed by atoms with E-state index in [9.17, 15) is 4.79 Å². The number of amides is 1. The van der Waals surface area contributed by atoms with Crippen molar-refractivity contribution in [2.75, 3.05) is 5.33 Å². The summed E-state index contributed by atoms with van der Waals surface area (Å²) in [6.07, 6.45) is 4.73. The Labute approximate surface area is 144 Å². The molecule has 0 unspecified atom stereocenters. The molecular weight excluding hydrogens is 373 g/mol. The zero-order valence-corrected chi connectivity index (χ0v) is 15.2. The molecule has 0 spiro atoms. The highest BCUT2D eigenvalue weighted by atomic mass is 79.9. The molecule has 1 fully saturated rings. The molecule has 0 radical (unpaired) electrons. The van der Waals surface area contributed by atoms with Crippen LogP contribution in [0.4, 0.5) is 0 Å². The van der Waals surface area contributed by atoms with Crippen LogP contribution in [0.15, 0.2) is 18.2 Å². The van der Waals surface area contributed by atoms with Crippen LogP contribution in [0, 0.1) is 5.92 Å². The standard InChI is InChI=1S/C16H20BrCl2NO/c1-11-4-6-16(10-17,7-5-11)20-15(21)9-12-2-3-13(18)14(19)8-12/h2-3,8,11H,4-7,9-10H2,1H3,(H,20,21). The molecule has 116 valence electrons. The maximum Gasteiger partial charge on any atom is 0.224 e. The van der Waals surface area contributed by atoms with Crippen LogP contribution in [-0.4, -0.2) is 16.8 Å². The van der Waals surface area contributed by atoms with Gasteiger partial charge < -0.3 is 5.32 Å². The Balaban J connectivity index is 1.98. The number of rotatable bonds is 4. The molecular formula is C16H20BrCl2NO. The highest BCUT2D eigenvalue weighted by Gasteiger charge is 2.34. The summed E-state index contributed by atoms with van der Waals surface area (Å²) in [5, 5.41) is 5.03. The molecule has 0 bridgehead atoms. The van der Waals surface area contributed by atoms with Gasteiger partial charge in [0, 0.05) is 10.9 Å². The highest BCUT2D eigenvalue weighted by Crippen LogP contribution is 2.33. The van der Waals surface area contributed by atoms with E-state index in [1.54, 1.807) is 12.1 Å². The molecule has 1 aromatic rings. The van der Waals surface area contributed by atoms with Crippen LogP contribution in [0.5, 0.6) is 0 Å². The van der Waals surface area contributed by atoms with Crippen LogP contribution >= 0.6 is 39.1 Å². The van der Waals surface area contributed by atoms with Crippen molar-refractivity contribution in [3.63, 3.8) is 0 Å². The van der Waals surface area contributed by atoms with Crippen molar-refractivity contribution in [2.45, 2.75) is 44.6 Å².